The summed E-state index contributed by atoms with van der Waals surface area (Å²) in [4.78, 5) is 15.9. The predicted octanol–water partition coefficient (Wildman–Crippen LogP) is 5.25. The Morgan fingerprint density at radius 2 is 1.83 bits per heavy atom. The van der Waals surface area contributed by atoms with Crippen molar-refractivity contribution < 1.29 is 14.3 Å². The lowest BCUT2D eigenvalue weighted by Gasteiger charge is -2.19. The van der Waals surface area contributed by atoms with E-state index in [1.165, 1.54) is 23.3 Å². The Balaban J connectivity index is 1.46. The van der Waals surface area contributed by atoms with Crippen LogP contribution >= 0.6 is 11.8 Å². The number of hydrogen-bond acceptors (Lipinski definition) is 4. The van der Waals surface area contributed by atoms with Gasteiger partial charge in [0.2, 0.25) is 5.91 Å². The zero-order valence-electron chi connectivity index (χ0n) is 17.2. The molecule has 29 heavy (non-hydrogen) atoms. The Hall–Kier alpha value is -2.14. The lowest BCUT2D eigenvalue weighted by atomic mass is 9.98. The Bertz CT molecular complexity index is 846. The van der Waals surface area contributed by atoms with Crippen molar-refractivity contribution in [1.29, 1.82) is 0 Å². The van der Waals surface area contributed by atoms with Gasteiger partial charge in [-0.2, -0.15) is 0 Å². The summed E-state index contributed by atoms with van der Waals surface area (Å²) in [6, 6.07) is 14.6. The fourth-order valence-electron chi connectivity index (χ4n) is 4.32. The van der Waals surface area contributed by atoms with Gasteiger partial charge in [-0.3, -0.25) is 4.79 Å². The first-order valence-corrected chi connectivity index (χ1v) is 11.6. The number of benzene rings is 2. The molecule has 1 aliphatic heterocycles. The fourth-order valence-corrected chi connectivity index (χ4v) is 4.73. The molecule has 2 aliphatic rings. The van der Waals surface area contributed by atoms with Gasteiger partial charge in [0.25, 0.3) is 0 Å². The highest BCUT2D eigenvalue weighted by atomic mass is 32.2. The molecule has 1 heterocycles. The van der Waals surface area contributed by atoms with Crippen LogP contribution < -0.4 is 9.47 Å². The van der Waals surface area contributed by atoms with Gasteiger partial charge in [-0.25, -0.2) is 0 Å². The first-order chi connectivity index (χ1) is 14.2. The Morgan fingerprint density at radius 3 is 2.52 bits per heavy atom. The first-order valence-electron chi connectivity index (χ1n) is 10.4. The molecule has 4 rings (SSSR count). The zero-order valence-corrected chi connectivity index (χ0v) is 18.0. The summed E-state index contributed by atoms with van der Waals surface area (Å²) >= 11 is 1.73. The standard InChI is InChI=1S/C24H29NO3S/c1-27-22-12-9-18(13-23(22)28-20-5-3-4-6-20)19-14-24(26)25(16-19)15-17-7-10-21(29-2)11-8-17/h7-13,19-20H,3-6,14-16H2,1-2H3. The molecule has 0 N–H and O–H groups in total. The molecule has 1 saturated heterocycles. The zero-order chi connectivity index (χ0) is 20.2. The van der Waals surface area contributed by atoms with Crippen molar-refractivity contribution in [3.63, 3.8) is 0 Å². The summed E-state index contributed by atoms with van der Waals surface area (Å²) < 4.78 is 11.8. The second kappa shape index (κ2) is 9.12. The molecule has 0 radical (unpaired) electrons. The lowest BCUT2D eigenvalue weighted by molar-refractivity contribution is -0.128. The number of nitrogens with zero attached hydrogens (tertiary/aromatic N) is 1. The van der Waals surface area contributed by atoms with Gasteiger partial charge in [-0.15, -0.1) is 11.8 Å². The molecular weight excluding hydrogens is 382 g/mol. The van der Waals surface area contributed by atoms with E-state index in [9.17, 15) is 4.79 Å². The van der Waals surface area contributed by atoms with Gasteiger partial charge in [-0.1, -0.05) is 18.2 Å². The van der Waals surface area contributed by atoms with Crippen LogP contribution in [-0.4, -0.2) is 36.8 Å². The molecule has 0 bridgehead atoms. The molecule has 1 aliphatic carbocycles. The maximum atomic E-state index is 12.6. The number of likely N-dealkylation sites (tertiary alicyclic amines) is 1. The van der Waals surface area contributed by atoms with Gasteiger partial charge in [0.1, 0.15) is 0 Å². The molecule has 1 atom stereocenters. The van der Waals surface area contributed by atoms with Crippen LogP contribution in [0.15, 0.2) is 47.4 Å². The van der Waals surface area contributed by atoms with Crippen molar-refractivity contribution in [2.24, 2.45) is 0 Å². The van der Waals surface area contributed by atoms with Gasteiger partial charge < -0.3 is 14.4 Å². The van der Waals surface area contributed by atoms with Crippen LogP contribution in [0.2, 0.25) is 0 Å². The molecule has 4 nitrogen and oxygen atoms in total. The van der Waals surface area contributed by atoms with E-state index >= 15 is 0 Å². The number of amides is 1. The smallest absolute Gasteiger partial charge is 0.223 e. The molecule has 1 saturated carbocycles. The monoisotopic (exact) mass is 411 g/mol. The lowest BCUT2D eigenvalue weighted by Crippen LogP contribution is -2.24. The largest absolute Gasteiger partial charge is 0.493 e. The number of ether oxygens (including phenoxy) is 2. The Kier molecular flexibility index (Phi) is 6.34. The van der Waals surface area contributed by atoms with Crippen LogP contribution in [0.4, 0.5) is 0 Å². The average Bonchev–Trinajstić information content (AvgIpc) is 3.38. The third kappa shape index (κ3) is 4.72. The molecule has 2 aromatic rings. The molecule has 2 fully saturated rings. The minimum atomic E-state index is 0.199. The van der Waals surface area contributed by atoms with Crippen molar-refractivity contribution in [2.45, 2.75) is 55.6 Å². The van der Waals surface area contributed by atoms with Crippen LogP contribution in [0.1, 0.15) is 49.1 Å². The van der Waals surface area contributed by atoms with Crippen molar-refractivity contribution in [1.82, 2.24) is 4.90 Å². The maximum Gasteiger partial charge on any atom is 0.223 e. The van der Waals surface area contributed by atoms with Crippen molar-refractivity contribution >= 4 is 17.7 Å². The second-order valence-electron chi connectivity index (χ2n) is 7.96. The quantitative estimate of drug-likeness (QED) is 0.583. The number of carbonyl (C=O) groups excluding carboxylic acids is 1. The van der Waals surface area contributed by atoms with E-state index in [2.05, 4.69) is 42.7 Å². The van der Waals surface area contributed by atoms with Crippen LogP contribution in [0.25, 0.3) is 0 Å². The summed E-state index contributed by atoms with van der Waals surface area (Å²) in [5.41, 5.74) is 2.34. The summed E-state index contributed by atoms with van der Waals surface area (Å²) in [6.45, 7) is 1.42. The van der Waals surface area contributed by atoms with E-state index in [4.69, 9.17) is 9.47 Å². The minimum Gasteiger partial charge on any atom is -0.493 e. The third-order valence-electron chi connectivity index (χ3n) is 6.00. The summed E-state index contributed by atoms with van der Waals surface area (Å²) in [6.07, 6.45) is 7.59. The number of carbonyl (C=O) groups is 1. The predicted molar refractivity (Wildman–Crippen MR) is 117 cm³/mol. The number of hydrogen-bond donors (Lipinski definition) is 0. The highest BCUT2D eigenvalue weighted by molar-refractivity contribution is 7.98. The molecule has 0 aromatic heterocycles. The van der Waals surface area contributed by atoms with E-state index in [1.54, 1.807) is 18.9 Å². The Labute approximate surface area is 177 Å². The summed E-state index contributed by atoms with van der Waals surface area (Å²) in [5.74, 6) is 2.01. The van der Waals surface area contributed by atoms with Crippen molar-refractivity contribution in [3.05, 3.63) is 53.6 Å². The van der Waals surface area contributed by atoms with E-state index in [-0.39, 0.29) is 17.9 Å². The van der Waals surface area contributed by atoms with Crippen molar-refractivity contribution in [3.8, 4) is 11.5 Å². The average molecular weight is 412 g/mol. The molecule has 154 valence electrons. The molecule has 2 aromatic carbocycles. The second-order valence-corrected chi connectivity index (χ2v) is 8.84. The summed E-state index contributed by atoms with van der Waals surface area (Å²) in [5, 5.41) is 0. The molecule has 5 heteroatoms. The number of methoxy groups -OCH3 is 1. The summed E-state index contributed by atoms with van der Waals surface area (Å²) in [7, 11) is 1.68. The van der Waals surface area contributed by atoms with Crippen LogP contribution in [-0.2, 0) is 11.3 Å². The van der Waals surface area contributed by atoms with Gasteiger partial charge in [0.05, 0.1) is 13.2 Å². The Morgan fingerprint density at radius 1 is 1.07 bits per heavy atom. The number of thioether (sulfide) groups is 1. The van der Waals surface area contributed by atoms with Crippen LogP contribution in [0.3, 0.4) is 0 Å². The van der Waals surface area contributed by atoms with Gasteiger partial charge in [0, 0.05) is 30.3 Å². The fraction of sp³-hybridized carbons (Fsp3) is 0.458. The topological polar surface area (TPSA) is 38.8 Å². The van der Waals surface area contributed by atoms with E-state index in [0.29, 0.717) is 13.0 Å². The SMILES string of the molecule is COc1ccc(C2CC(=O)N(Cc3ccc(SC)cc3)C2)cc1OC1CCCC1. The molecule has 0 spiro atoms. The van der Waals surface area contributed by atoms with Crippen LogP contribution in [0.5, 0.6) is 11.5 Å². The maximum absolute atomic E-state index is 12.6. The van der Waals surface area contributed by atoms with E-state index < -0.39 is 0 Å². The third-order valence-corrected chi connectivity index (χ3v) is 6.75. The molecular formula is C24H29NO3S. The van der Waals surface area contributed by atoms with Gasteiger partial charge in [-0.05, 0) is 67.3 Å². The van der Waals surface area contributed by atoms with E-state index in [1.807, 2.05) is 11.0 Å². The van der Waals surface area contributed by atoms with Crippen molar-refractivity contribution in [2.75, 3.05) is 19.9 Å². The first kappa shape index (κ1) is 20.1. The highest BCUT2D eigenvalue weighted by Crippen LogP contribution is 2.37. The number of rotatable bonds is 7. The normalized spacial score (nSPS) is 19.7. The molecule has 1 unspecified atom stereocenters. The van der Waals surface area contributed by atoms with E-state index in [0.717, 1.165) is 36.4 Å². The minimum absolute atomic E-state index is 0.199. The van der Waals surface area contributed by atoms with Gasteiger partial charge in [0.15, 0.2) is 11.5 Å². The van der Waals surface area contributed by atoms with Crippen LogP contribution in [0, 0.1) is 0 Å². The van der Waals surface area contributed by atoms with Gasteiger partial charge >= 0.3 is 0 Å². The molecule has 1 amide bonds. The highest BCUT2D eigenvalue weighted by Gasteiger charge is 2.31.